The molecular weight excluding hydrogens is 204 g/mol. The Bertz CT molecular complexity index is 371. The molecule has 0 saturated heterocycles. The number of ether oxygens (including phenoxy) is 1. The maximum absolute atomic E-state index is 10.9. The molecule has 3 heteroatoms. The minimum absolute atomic E-state index is 0.419. The highest BCUT2D eigenvalue weighted by molar-refractivity contribution is 5.72. The van der Waals surface area contributed by atoms with E-state index in [9.17, 15) is 4.79 Å². The Labute approximate surface area is 96.1 Å². The van der Waals surface area contributed by atoms with Crippen LogP contribution in [-0.4, -0.2) is 23.8 Å². The SMILES string of the molecule is CCO[C@H](Cc1ccc(C)cc1C)C(=O)O. The number of hydrogen-bond donors (Lipinski definition) is 1. The molecule has 1 N–H and O–H groups in total. The summed E-state index contributed by atoms with van der Waals surface area (Å²) in [7, 11) is 0. The first-order valence-electron chi connectivity index (χ1n) is 5.45. The van der Waals surface area contributed by atoms with Crippen molar-refractivity contribution in [3.63, 3.8) is 0 Å². The first kappa shape index (κ1) is 12.7. The number of carboxylic acids is 1. The number of benzene rings is 1. The zero-order valence-electron chi connectivity index (χ0n) is 9.99. The maximum atomic E-state index is 10.9. The molecule has 0 saturated carbocycles. The number of aryl methyl sites for hydroxylation is 2. The topological polar surface area (TPSA) is 46.5 Å². The summed E-state index contributed by atoms with van der Waals surface area (Å²) < 4.78 is 5.19. The Morgan fingerprint density at radius 3 is 2.62 bits per heavy atom. The summed E-state index contributed by atoms with van der Waals surface area (Å²) >= 11 is 0. The molecule has 3 nitrogen and oxygen atoms in total. The third-order valence-electron chi connectivity index (χ3n) is 2.55. The van der Waals surface area contributed by atoms with Crippen LogP contribution in [0.4, 0.5) is 0 Å². The molecule has 0 aromatic heterocycles. The highest BCUT2D eigenvalue weighted by atomic mass is 16.5. The van der Waals surface area contributed by atoms with Gasteiger partial charge in [0, 0.05) is 13.0 Å². The van der Waals surface area contributed by atoms with Crippen molar-refractivity contribution in [3.05, 3.63) is 34.9 Å². The number of aliphatic carboxylic acids is 1. The Morgan fingerprint density at radius 1 is 1.44 bits per heavy atom. The fraction of sp³-hybridized carbons (Fsp3) is 0.462. The molecule has 0 unspecified atom stereocenters. The number of carbonyl (C=O) groups is 1. The second-order valence-corrected chi connectivity index (χ2v) is 3.92. The summed E-state index contributed by atoms with van der Waals surface area (Å²) in [6, 6.07) is 6.02. The first-order chi connectivity index (χ1) is 7.54. The fourth-order valence-corrected chi connectivity index (χ4v) is 1.69. The lowest BCUT2D eigenvalue weighted by Crippen LogP contribution is -2.26. The van der Waals surface area contributed by atoms with Crippen molar-refractivity contribution >= 4 is 5.97 Å². The molecule has 1 atom stereocenters. The average molecular weight is 222 g/mol. The standard InChI is InChI=1S/C13H18O3/c1-4-16-12(13(14)15)8-11-6-5-9(2)7-10(11)3/h5-7,12H,4,8H2,1-3H3,(H,14,15)/t12-/m1/s1. The van der Waals surface area contributed by atoms with Gasteiger partial charge in [0.25, 0.3) is 0 Å². The first-order valence-corrected chi connectivity index (χ1v) is 5.45. The molecule has 0 spiro atoms. The van der Waals surface area contributed by atoms with Crippen LogP contribution in [0.15, 0.2) is 18.2 Å². The van der Waals surface area contributed by atoms with Crippen LogP contribution < -0.4 is 0 Å². The van der Waals surface area contributed by atoms with Crippen molar-refractivity contribution < 1.29 is 14.6 Å². The lowest BCUT2D eigenvalue weighted by Gasteiger charge is -2.14. The predicted octanol–water partition coefficient (Wildman–Crippen LogP) is 2.34. The van der Waals surface area contributed by atoms with Crippen LogP contribution in [0.3, 0.4) is 0 Å². The molecule has 0 aliphatic heterocycles. The second-order valence-electron chi connectivity index (χ2n) is 3.92. The third kappa shape index (κ3) is 3.35. The van der Waals surface area contributed by atoms with Crippen LogP contribution in [0.25, 0.3) is 0 Å². The fourth-order valence-electron chi connectivity index (χ4n) is 1.69. The Balaban J connectivity index is 2.81. The summed E-state index contributed by atoms with van der Waals surface area (Å²) in [4.78, 5) is 10.9. The van der Waals surface area contributed by atoms with Gasteiger partial charge in [0.05, 0.1) is 0 Å². The van der Waals surface area contributed by atoms with Gasteiger partial charge in [-0.1, -0.05) is 23.8 Å². The Morgan fingerprint density at radius 2 is 2.12 bits per heavy atom. The zero-order chi connectivity index (χ0) is 12.1. The number of carboxylic acid groups (broad SMARTS) is 1. The van der Waals surface area contributed by atoms with Crippen LogP contribution in [0, 0.1) is 13.8 Å². The van der Waals surface area contributed by atoms with Crippen molar-refractivity contribution in [2.45, 2.75) is 33.3 Å². The van der Waals surface area contributed by atoms with E-state index in [1.54, 1.807) is 6.92 Å². The number of hydrogen-bond acceptors (Lipinski definition) is 2. The molecule has 0 bridgehead atoms. The second kappa shape index (κ2) is 5.66. The van der Waals surface area contributed by atoms with Crippen molar-refractivity contribution in [2.24, 2.45) is 0 Å². The zero-order valence-corrected chi connectivity index (χ0v) is 9.99. The van der Waals surface area contributed by atoms with Gasteiger partial charge in [-0.25, -0.2) is 4.79 Å². The van der Waals surface area contributed by atoms with Crippen LogP contribution >= 0.6 is 0 Å². The van der Waals surface area contributed by atoms with Crippen LogP contribution in [0.1, 0.15) is 23.6 Å². The van der Waals surface area contributed by atoms with E-state index in [1.807, 2.05) is 26.0 Å². The summed E-state index contributed by atoms with van der Waals surface area (Å²) in [6.07, 6.45) is -0.318. The molecule has 0 radical (unpaired) electrons. The Hall–Kier alpha value is -1.35. The van der Waals surface area contributed by atoms with Crippen molar-refractivity contribution in [2.75, 3.05) is 6.61 Å². The normalized spacial score (nSPS) is 12.4. The van der Waals surface area contributed by atoms with Gasteiger partial charge in [-0.05, 0) is 31.9 Å². The van der Waals surface area contributed by atoms with Gasteiger partial charge in [0.1, 0.15) is 0 Å². The minimum atomic E-state index is -0.901. The Kier molecular flexibility index (Phi) is 4.50. The van der Waals surface area contributed by atoms with Gasteiger partial charge in [0.15, 0.2) is 6.10 Å². The monoisotopic (exact) mass is 222 g/mol. The highest BCUT2D eigenvalue weighted by Gasteiger charge is 2.18. The number of rotatable bonds is 5. The molecule has 1 rings (SSSR count). The summed E-state index contributed by atoms with van der Waals surface area (Å²) in [5.74, 6) is -0.901. The molecular formula is C13H18O3. The lowest BCUT2D eigenvalue weighted by molar-refractivity contribution is -0.149. The summed E-state index contributed by atoms with van der Waals surface area (Å²) in [6.45, 7) is 6.24. The van der Waals surface area contributed by atoms with E-state index < -0.39 is 12.1 Å². The molecule has 16 heavy (non-hydrogen) atoms. The van der Waals surface area contributed by atoms with Gasteiger partial charge in [0.2, 0.25) is 0 Å². The molecule has 1 aromatic rings. The molecule has 0 heterocycles. The minimum Gasteiger partial charge on any atom is -0.479 e. The molecule has 0 fully saturated rings. The van der Waals surface area contributed by atoms with Gasteiger partial charge in [-0.15, -0.1) is 0 Å². The largest absolute Gasteiger partial charge is 0.479 e. The van der Waals surface area contributed by atoms with E-state index in [4.69, 9.17) is 9.84 Å². The van der Waals surface area contributed by atoms with Crippen LogP contribution in [0.5, 0.6) is 0 Å². The van der Waals surface area contributed by atoms with E-state index >= 15 is 0 Å². The van der Waals surface area contributed by atoms with Gasteiger partial charge >= 0.3 is 5.97 Å². The van der Waals surface area contributed by atoms with Crippen molar-refractivity contribution in [3.8, 4) is 0 Å². The highest BCUT2D eigenvalue weighted by Crippen LogP contribution is 2.14. The quantitative estimate of drug-likeness (QED) is 0.831. The molecule has 0 amide bonds. The van der Waals surface area contributed by atoms with Crippen LogP contribution in [0.2, 0.25) is 0 Å². The van der Waals surface area contributed by atoms with E-state index in [0.29, 0.717) is 13.0 Å². The van der Waals surface area contributed by atoms with Gasteiger partial charge in [-0.3, -0.25) is 0 Å². The van der Waals surface area contributed by atoms with E-state index in [-0.39, 0.29) is 0 Å². The summed E-state index contributed by atoms with van der Waals surface area (Å²) in [5, 5.41) is 8.99. The average Bonchev–Trinajstić information content (AvgIpc) is 2.20. The van der Waals surface area contributed by atoms with E-state index in [2.05, 4.69) is 6.07 Å². The third-order valence-corrected chi connectivity index (χ3v) is 2.55. The molecule has 88 valence electrons. The molecule has 0 aliphatic rings. The summed E-state index contributed by atoms with van der Waals surface area (Å²) in [5.41, 5.74) is 3.34. The maximum Gasteiger partial charge on any atom is 0.333 e. The van der Waals surface area contributed by atoms with Gasteiger partial charge < -0.3 is 9.84 Å². The molecule has 1 aromatic carbocycles. The van der Waals surface area contributed by atoms with Crippen molar-refractivity contribution in [1.82, 2.24) is 0 Å². The van der Waals surface area contributed by atoms with E-state index in [0.717, 1.165) is 11.1 Å². The predicted molar refractivity (Wildman–Crippen MR) is 62.7 cm³/mol. The van der Waals surface area contributed by atoms with Gasteiger partial charge in [-0.2, -0.15) is 0 Å². The smallest absolute Gasteiger partial charge is 0.333 e. The lowest BCUT2D eigenvalue weighted by atomic mass is 10.0. The van der Waals surface area contributed by atoms with E-state index in [1.165, 1.54) is 5.56 Å². The molecule has 0 aliphatic carbocycles. The van der Waals surface area contributed by atoms with Crippen LogP contribution in [-0.2, 0) is 16.0 Å². The van der Waals surface area contributed by atoms with Crippen molar-refractivity contribution in [1.29, 1.82) is 0 Å².